The molecule has 1 heterocycles. The third kappa shape index (κ3) is 5.20. The molecule has 0 spiro atoms. The van der Waals surface area contributed by atoms with Gasteiger partial charge < -0.3 is 10.2 Å². The number of nitrogens with zero attached hydrogens (tertiary/aromatic N) is 2. The van der Waals surface area contributed by atoms with Crippen LogP contribution in [0.2, 0.25) is 0 Å². The van der Waals surface area contributed by atoms with Gasteiger partial charge in [-0.2, -0.15) is 0 Å². The van der Waals surface area contributed by atoms with Crippen LogP contribution in [0.5, 0.6) is 0 Å². The molecule has 26 heavy (non-hydrogen) atoms. The van der Waals surface area contributed by atoms with E-state index in [4.69, 9.17) is 0 Å². The number of nitrogens with one attached hydrogen (secondary N) is 1. The molecule has 1 saturated heterocycles. The molecular weight excluding hydrogens is 322 g/mol. The molecule has 2 aromatic rings. The van der Waals surface area contributed by atoms with Gasteiger partial charge in [-0.15, -0.1) is 0 Å². The van der Waals surface area contributed by atoms with Gasteiger partial charge in [0.05, 0.1) is 0 Å². The van der Waals surface area contributed by atoms with Crippen LogP contribution in [0.1, 0.15) is 16.7 Å². The number of hydrogen-bond donors (Lipinski definition) is 1. The molecule has 0 saturated carbocycles. The summed E-state index contributed by atoms with van der Waals surface area (Å²) in [7, 11) is 0. The number of amides is 2. The fourth-order valence-electron chi connectivity index (χ4n) is 3.13. The average molecular weight is 349 g/mol. The van der Waals surface area contributed by atoms with Crippen LogP contribution < -0.4 is 5.32 Å². The highest BCUT2D eigenvalue weighted by atomic mass is 16.2. The maximum Gasteiger partial charge on any atom is 0.317 e. The summed E-state index contributed by atoms with van der Waals surface area (Å²) in [6, 6.07) is 18.5. The number of carbonyl (C=O) groups excluding carboxylic acids is 1. The Morgan fingerprint density at radius 2 is 1.69 bits per heavy atom. The Bertz CT molecular complexity index is 734. The Hall–Kier alpha value is -2.59. The van der Waals surface area contributed by atoms with E-state index in [2.05, 4.69) is 53.6 Å². The van der Waals surface area contributed by atoms with Gasteiger partial charge in [0.1, 0.15) is 0 Å². The van der Waals surface area contributed by atoms with Crippen molar-refractivity contribution in [3.05, 3.63) is 77.4 Å². The van der Waals surface area contributed by atoms with E-state index in [1.54, 1.807) is 0 Å². The smallest absolute Gasteiger partial charge is 0.317 e. The molecule has 136 valence electrons. The van der Waals surface area contributed by atoms with Gasteiger partial charge in [-0.25, -0.2) is 4.79 Å². The van der Waals surface area contributed by atoms with Gasteiger partial charge >= 0.3 is 6.03 Å². The molecule has 0 aromatic heterocycles. The maximum atomic E-state index is 12.4. The van der Waals surface area contributed by atoms with E-state index in [1.165, 1.54) is 16.7 Å². The molecule has 0 radical (unpaired) electrons. The highest BCUT2D eigenvalue weighted by molar-refractivity contribution is 5.74. The van der Waals surface area contributed by atoms with Gasteiger partial charge in [-0.05, 0) is 23.6 Å². The van der Waals surface area contributed by atoms with Gasteiger partial charge in [-0.3, -0.25) is 4.90 Å². The van der Waals surface area contributed by atoms with Crippen molar-refractivity contribution in [1.29, 1.82) is 0 Å². The van der Waals surface area contributed by atoms with E-state index < -0.39 is 0 Å². The molecule has 0 atom stereocenters. The van der Waals surface area contributed by atoms with Crippen molar-refractivity contribution in [2.75, 3.05) is 32.7 Å². The van der Waals surface area contributed by atoms with Crippen LogP contribution in [0.25, 0.3) is 6.08 Å². The zero-order valence-electron chi connectivity index (χ0n) is 15.4. The third-order valence-electron chi connectivity index (χ3n) is 4.82. The lowest BCUT2D eigenvalue weighted by atomic mass is 10.1. The first kappa shape index (κ1) is 18.2. The van der Waals surface area contributed by atoms with Crippen molar-refractivity contribution >= 4 is 12.1 Å². The Balaban J connectivity index is 1.39. The summed E-state index contributed by atoms with van der Waals surface area (Å²) in [6.45, 7) is 6.97. The zero-order valence-corrected chi connectivity index (χ0v) is 15.4. The first-order valence-electron chi connectivity index (χ1n) is 9.23. The molecule has 0 bridgehead atoms. The minimum atomic E-state index is 0.0349. The van der Waals surface area contributed by atoms with E-state index in [0.717, 1.165) is 32.7 Å². The Kier molecular flexibility index (Phi) is 6.45. The second kappa shape index (κ2) is 9.20. The standard InChI is InChI=1S/C22H27N3O/c1-19-8-5-6-12-21(19)18-23-22(26)25-16-14-24(15-17-25)13-7-11-20-9-3-2-4-10-20/h2-12H,13-18H2,1H3,(H,23,26)/b11-7+. The van der Waals surface area contributed by atoms with Crippen LogP contribution >= 0.6 is 0 Å². The molecular formula is C22H27N3O. The SMILES string of the molecule is Cc1ccccc1CNC(=O)N1CCN(C/C=C/c2ccccc2)CC1. The summed E-state index contributed by atoms with van der Waals surface area (Å²) < 4.78 is 0. The van der Waals surface area contributed by atoms with Gasteiger partial charge in [0.25, 0.3) is 0 Å². The quantitative estimate of drug-likeness (QED) is 0.896. The Labute approximate surface area is 156 Å². The van der Waals surface area contributed by atoms with Crippen molar-refractivity contribution in [3.8, 4) is 0 Å². The molecule has 4 heteroatoms. The lowest BCUT2D eigenvalue weighted by Gasteiger charge is -2.34. The van der Waals surface area contributed by atoms with E-state index >= 15 is 0 Å². The van der Waals surface area contributed by atoms with Gasteiger partial charge in [0, 0.05) is 39.3 Å². The highest BCUT2D eigenvalue weighted by Crippen LogP contribution is 2.08. The highest BCUT2D eigenvalue weighted by Gasteiger charge is 2.20. The van der Waals surface area contributed by atoms with Crippen LogP contribution in [0.4, 0.5) is 4.79 Å². The number of benzene rings is 2. The van der Waals surface area contributed by atoms with Crippen molar-refractivity contribution < 1.29 is 4.79 Å². The number of hydrogen-bond acceptors (Lipinski definition) is 2. The van der Waals surface area contributed by atoms with Gasteiger partial charge in [0.2, 0.25) is 0 Å². The molecule has 3 rings (SSSR count). The molecule has 0 unspecified atom stereocenters. The fraction of sp³-hybridized carbons (Fsp3) is 0.318. The summed E-state index contributed by atoms with van der Waals surface area (Å²) in [4.78, 5) is 16.7. The van der Waals surface area contributed by atoms with Crippen molar-refractivity contribution in [3.63, 3.8) is 0 Å². The summed E-state index contributed by atoms with van der Waals surface area (Å²) in [5, 5.41) is 3.04. The summed E-state index contributed by atoms with van der Waals surface area (Å²) >= 11 is 0. The van der Waals surface area contributed by atoms with Crippen molar-refractivity contribution in [1.82, 2.24) is 15.1 Å². The first-order chi connectivity index (χ1) is 12.7. The van der Waals surface area contributed by atoms with E-state index in [0.29, 0.717) is 6.54 Å². The largest absolute Gasteiger partial charge is 0.334 e. The molecule has 0 aliphatic carbocycles. The molecule has 4 nitrogen and oxygen atoms in total. The van der Waals surface area contributed by atoms with Crippen LogP contribution in [0.3, 0.4) is 0 Å². The van der Waals surface area contributed by atoms with Crippen molar-refractivity contribution in [2.24, 2.45) is 0 Å². The number of piperazine rings is 1. The maximum absolute atomic E-state index is 12.4. The number of aryl methyl sites for hydroxylation is 1. The summed E-state index contributed by atoms with van der Waals surface area (Å²) in [5.74, 6) is 0. The lowest BCUT2D eigenvalue weighted by molar-refractivity contribution is 0.146. The minimum Gasteiger partial charge on any atom is -0.334 e. The molecule has 2 amide bonds. The monoisotopic (exact) mass is 349 g/mol. The molecule has 1 N–H and O–H groups in total. The third-order valence-corrected chi connectivity index (χ3v) is 4.82. The molecule has 1 fully saturated rings. The molecule has 2 aromatic carbocycles. The van der Waals surface area contributed by atoms with E-state index in [1.807, 2.05) is 35.2 Å². The predicted molar refractivity (Wildman–Crippen MR) is 107 cm³/mol. The van der Waals surface area contributed by atoms with Crippen LogP contribution in [-0.4, -0.2) is 48.6 Å². The Morgan fingerprint density at radius 1 is 1.00 bits per heavy atom. The number of urea groups is 1. The fourth-order valence-corrected chi connectivity index (χ4v) is 3.13. The lowest BCUT2D eigenvalue weighted by Crippen LogP contribution is -2.51. The van der Waals surface area contributed by atoms with Crippen LogP contribution in [0.15, 0.2) is 60.7 Å². The van der Waals surface area contributed by atoms with E-state index in [-0.39, 0.29) is 6.03 Å². The van der Waals surface area contributed by atoms with Gasteiger partial charge in [0.15, 0.2) is 0 Å². The number of carbonyl (C=O) groups is 1. The number of rotatable bonds is 5. The second-order valence-corrected chi connectivity index (χ2v) is 6.69. The predicted octanol–water partition coefficient (Wildman–Crippen LogP) is 3.54. The second-order valence-electron chi connectivity index (χ2n) is 6.69. The molecule has 1 aliphatic rings. The van der Waals surface area contributed by atoms with E-state index in [9.17, 15) is 4.79 Å². The molecule has 1 aliphatic heterocycles. The zero-order chi connectivity index (χ0) is 18.2. The summed E-state index contributed by atoms with van der Waals surface area (Å²) in [6.07, 6.45) is 4.35. The average Bonchev–Trinajstić information content (AvgIpc) is 2.68. The Morgan fingerprint density at radius 3 is 2.42 bits per heavy atom. The first-order valence-corrected chi connectivity index (χ1v) is 9.23. The van der Waals surface area contributed by atoms with Gasteiger partial charge in [-0.1, -0.05) is 66.7 Å². The minimum absolute atomic E-state index is 0.0349. The summed E-state index contributed by atoms with van der Waals surface area (Å²) in [5.41, 5.74) is 3.61. The van der Waals surface area contributed by atoms with Crippen molar-refractivity contribution in [2.45, 2.75) is 13.5 Å². The normalized spacial score (nSPS) is 15.3. The topological polar surface area (TPSA) is 35.6 Å². The van der Waals surface area contributed by atoms with Crippen LogP contribution in [-0.2, 0) is 6.54 Å². The van der Waals surface area contributed by atoms with Crippen LogP contribution in [0, 0.1) is 6.92 Å².